The number of ether oxygens (including phenoxy) is 1. The van der Waals surface area contributed by atoms with E-state index >= 15 is 0 Å². The number of aromatic amines is 1. The van der Waals surface area contributed by atoms with Crippen LogP contribution in [0.3, 0.4) is 0 Å². The number of nitrogens with zero attached hydrogens (tertiary/aromatic N) is 1. The fraction of sp³-hybridized carbons (Fsp3) is 0.143. The van der Waals surface area contributed by atoms with Crippen LogP contribution in [0.1, 0.15) is 17.4 Å². The Morgan fingerprint density at radius 1 is 1.45 bits per heavy atom. The van der Waals surface area contributed by atoms with E-state index < -0.39 is 5.97 Å². The standard InChI is InChI=1S/C14H13N3O2S/c1-2-19-13(18)12-8-20-14(17-12)16-10-3-4-11-9(7-10)5-6-15-11/h3-8,15H,2H2,1H3,(H,16,17). The van der Waals surface area contributed by atoms with E-state index in [9.17, 15) is 4.79 Å². The van der Waals surface area contributed by atoms with Crippen molar-refractivity contribution in [3.05, 3.63) is 41.5 Å². The highest BCUT2D eigenvalue weighted by Gasteiger charge is 2.11. The summed E-state index contributed by atoms with van der Waals surface area (Å²) in [6.07, 6.45) is 1.90. The molecule has 3 rings (SSSR count). The van der Waals surface area contributed by atoms with Crippen LogP contribution in [0.25, 0.3) is 10.9 Å². The zero-order valence-corrected chi connectivity index (χ0v) is 11.7. The van der Waals surface area contributed by atoms with Gasteiger partial charge in [0.25, 0.3) is 0 Å². The number of esters is 1. The van der Waals surface area contributed by atoms with Gasteiger partial charge in [-0.15, -0.1) is 11.3 Å². The lowest BCUT2D eigenvalue weighted by Gasteiger charge is -2.02. The molecular weight excluding hydrogens is 274 g/mol. The lowest BCUT2D eigenvalue weighted by Crippen LogP contribution is -2.04. The third kappa shape index (κ3) is 2.50. The van der Waals surface area contributed by atoms with Gasteiger partial charge in [-0.25, -0.2) is 9.78 Å². The maximum atomic E-state index is 11.5. The number of hydrogen-bond donors (Lipinski definition) is 2. The molecule has 1 aromatic carbocycles. The number of hydrogen-bond acceptors (Lipinski definition) is 5. The van der Waals surface area contributed by atoms with E-state index in [1.165, 1.54) is 11.3 Å². The van der Waals surface area contributed by atoms with E-state index in [1.54, 1.807) is 12.3 Å². The molecule has 0 saturated heterocycles. The predicted molar refractivity (Wildman–Crippen MR) is 79.7 cm³/mol. The molecule has 0 aliphatic carbocycles. The number of carbonyl (C=O) groups excluding carboxylic acids is 1. The van der Waals surface area contributed by atoms with E-state index in [0.29, 0.717) is 17.4 Å². The molecule has 5 nitrogen and oxygen atoms in total. The molecule has 2 heterocycles. The number of H-pyrrole nitrogens is 1. The molecule has 2 N–H and O–H groups in total. The van der Waals surface area contributed by atoms with E-state index in [1.807, 2.05) is 30.5 Å². The van der Waals surface area contributed by atoms with Gasteiger partial charge in [0.15, 0.2) is 10.8 Å². The Hall–Kier alpha value is -2.34. The van der Waals surface area contributed by atoms with E-state index in [-0.39, 0.29) is 0 Å². The van der Waals surface area contributed by atoms with Gasteiger partial charge in [-0.2, -0.15) is 0 Å². The van der Waals surface area contributed by atoms with Crippen molar-refractivity contribution in [1.82, 2.24) is 9.97 Å². The summed E-state index contributed by atoms with van der Waals surface area (Å²) in [6, 6.07) is 7.99. The van der Waals surface area contributed by atoms with Crippen molar-refractivity contribution in [2.45, 2.75) is 6.92 Å². The van der Waals surface area contributed by atoms with Crippen LogP contribution in [-0.2, 0) is 4.74 Å². The molecular formula is C14H13N3O2S. The Morgan fingerprint density at radius 3 is 3.20 bits per heavy atom. The maximum absolute atomic E-state index is 11.5. The summed E-state index contributed by atoms with van der Waals surface area (Å²) in [4.78, 5) is 18.9. The number of thiazole rings is 1. The molecule has 2 aromatic heterocycles. The lowest BCUT2D eigenvalue weighted by atomic mass is 10.2. The fourth-order valence-electron chi connectivity index (χ4n) is 1.88. The highest BCUT2D eigenvalue weighted by atomic mass is 32.1. The fourth-order valence-corrected chi connectivity index (χ4v) is 2.58. The Bertz CT molecular complexity index is 748. The molecule has 0 atom stereocenters. The molecule has 6 heteroatoms. The number of anilines is 2. The highest BCUT2D eigenvalue weighted by Crippen LogP contribution is 2.24. The van der Waals surface area contributed by atoms with E-state index in [2.05, 4.69) is 15.3 Å². The van der Waals surface area contributed by atoms with Crippen LogP contribution in [0.4, 0.5) is 10.8 Å². The molecule has 0 aliphatic rings. The van der Waals surface area contributed by atoms with Crippen LogP contribution in [0.15, 0.2) is 35.8 Å². The monoisotopic (exact) mass is 287 g/mol. The highest BCUT2D eigenvalue weighted by molar-refractivity contribution is 7.14. The second-order valence-electron chi connectivity index (χ2n) is 4.16. The van der Waals surface area contributed by atoms with Crippen molar-refractivity contribution in [1.29, 1.82) is 0 Å². The van der Waals surface area contributed by atoms with Crippen molar-refractivity contribution < 1.29 is 9.53 Å². The second-order valence-corrected chi connectivity index (χ2v) is 5.02. The van der Waals surface area contributed by atoms with Gasteiger partial charge in [-0.3, -0.25) is 0 Å². The summed E-state index contributed by atoms with van der Waals surface area (Å²) >= 11 is 1.38. The molecule has 20 heavy (non-hydrogen) atoms. The van der Waals surface area contributed by atoms with Gasteiger partial charge < -0.3 is 15.0 Å². The van der Waals surface area contributed by atoms with Crippen molar-refractivity contribution in [2.24, 2.45) is 0 Å². The van der Waals surface area contributed by atoms with E-state index in [4.69, 9.17) is 4.74 Å². The first kappa shape index (κ1) is 12.7. The SMILES string of the molecule is CCOC(=O)c1csc(Nc2ccc3[nH]ccc3c2)n1. The molecule has 0 unspecified atom stereocenters. The average Bonchev–Trinajstić information content (AvgIpc) is 3.07. The Balaban J connectivity index is 1.78. The van der Waals surface area contributed by atoms with Gasteiger partial charge in [0.2, 0.25) is 0 Å². The Morgan fingerprint density at radius 2 is 2.35 bits per heavy atom. The largest absolute Gasteiger partial charge is 0.461 e. The Kier molecular flexibility index (Phi) is 3.39. The van der Waals surface area contributed by atoms with Crippen LogP contribution in [0, 0.1) is 0 Å². The summed E-state index contributed by atoms with van der Waals surface area (Å²) in [5.41, 5.74) is 2.35. The normalized spacial score (nSPS) is 10.7. The van der Waals surface area contributed by atoms with Crippen molar-refractivity contribution >= 4 is 39.0 Å². The molecule has 0 saturated carbocycles. The number of benzene rings is 1. The van der Waals surface area contributed by atoms with Gasteiger partial charge in [-0.1, -0.05) is 0 Å². The predicted octanol–water partition coefficient (Wildman–Crippen LogP) is 3.54. The molecule has 0 amide bonds. The van der Waals surface area contributed by atoms with Crippen LogP contribution in [0.2, 0.25) is 0 Å². The maximum Gasteiger partial charge on any atom is 0.357 e. The van der Waals surface area contributed by atoms with Crippen molar-refractivity contribution in [2.75, 3.05) is 11.9 Å². The molecule has 0 aliphatic heterocycles. The third-order valence-electron chi connectivity index (χ3n) is 2.79. The van der Waals surface area contributed by atoms with Crippen molar-refractivity contribution in [3.8, 4) is 0 Å². The molecule has 0 fully saturated rings. The lowest BCUT2D eigenvalue weighted by molar-refractivity contribution is 0.0520. The molecule has 3 aromatic rings. The topological polar surface area (TPSA) is 67.0 Å². The Labute approximate surface area is 119 Å². The molecule has 0 spiro atoms. The van der Waals surface area contributed by atoms with Crippen LogP contribution in [0.5, 0.6) is 0 Å². The minimum atomic E-state index is -0.391. The zero-order valence-electron chi connectivity index (χ0n) is 10.8. The minimum absolute atomic E-state index is 0.335. The number of aromatic nitrogens is 2. The van der Waals surface area contributed by atoms with Crippen LogP contribution < -0.4 is 5.32 Å². The van der Waals surface area contributed by atoms with Gasteiger partial charge in [0.05, 0.1) is 6.61 Å². The smallest absolute Gasteiger partial charge is 0.357 e. The average molecular weight is 287 g/mol. The zero-order chi connectivity index (χ0) is 13.9. The molecule has 0 bridgehead atoms. The summed E-state index contributed by atoms with van der Waals surface area (Å²) in [6.45, 7) is 2.12. The number of fused-ring (bicyclic) bond motifs is 1. The molecule has 102 valence electrons. The second kappa shape index (κ2) is 5.34. The van der Waals surface area contributed by atoms with Crippen molar-refractivity contribution in [3.63, 3.8) is 0 Å². The van der Waals surface area contributed by atoms with E-state index in [0.717, 1.165) is 16.6 Å². The van der Waals surface area contributed by atoms with Gasteiger partial charge in [-0.05, 0) is 31.2 Å². The molecule has 0 radical (unpaired) electrons. The van der Waals surface area contributed by atoms with Crippen LogP contribution in [-0.4, -0.2) is 22.5 Å². The summed E-state index contributed by atoms with van der Waals surface area (Å²) in [5, 5.41) is 6.67. The first-order chi connectivity index (χ1) is 9.76. The minimum Gasteiger partial charge on any atom is -0.461 e. The summed E-state index contributed by atoms with van der Waals surface area (Å²) in [5.74, 6) is -0.391. The van der Waals surface area contributed by atoms with Gasteiger partial charge >= 0.3 is 5.97 Å². The number of carbonyl (C=O) groups is 1. The third-order valence-corrected chi connectivity index (χ3v) is 3.55. The van der Waals surface area contributed by atoms with Gasteiger partial charge in [0, 0.05) is 28.2 Å². The summed E-state index contributed by atoms with van der Waals surface area (Å²) in [7, 11) is 0. The quantitative estimate of drug-likeness (QED) is 0.720. The first-order valence-electron chi connectivity index (χ1n) is 6.23. The summed E-state index contributed by atoms with van der Waals surface area (Å²) < 4.78 is 4.91. The first-order valence-corrected chi connectivity index (χ1v) is 7.11. The number of nitrogens with one attached hydrogen (secondary N) is 2. The van der Waals surface area contributed by atoms with Crippen LogP contribution >= 0.6 is 11.3 Å². The van der Waals surface area contributed by atoms with Gasteiger partial charge in [0.1, 0.15) is 0 Å². The number of rotatable bonds is 4.